The minimum atomic E-state index is -1.01. The molecule has 1 atom stereocenters. The molecule has 5 rings (SSSR count). The van der Waals surface area contributed by atoms with E-state index in [0.29, 0.717) is 17.3 Å². The monoisotopic (exact) mass is 449 g/mol. The zero-order valence-corrected chi connectivity index (χ0v) is 18.7. The number of aliphatic carboxylic acids is 1. The molecule has 1 saturated carbocycles. The van der Waals surface area contributed by atoms with E-state index in [2.05, 4.69) is 35.3 Å². The van der Waals surface area contributed by atoms with E-state index in [9.17, 15) is 19.5 Å². The van der Waals surface area contributed by atoms with E-state index >= 15 is 0 Å². The van der Waals surface area contributed by atoms with Crippen molar-refractivity contribution in [2.45, 2.75) is 45.6 Å². The first-order valence-electron chi connectivity index (χ1n) is 10.7. The van der Waals surface area contributed by atoms with Crippen molar-refractivity contribution in [1.82, 2.24) is 13.9 Å². The summed E-state index contributed by atoms with van der Waals surface area (Å²) < 4.78 is 6.90. The molecule has 8 heteroatoms. The number of nitrogens with one attached hydrogen (secondary N) is 1. The molecular weight excluding hydrogens is 426 g/mol. The molecule has 0 aliphatic heterocycles. The molecule has 1 aliphatic carbocycles. The van der Waals surface area contributed by atoms with Gasteiger partial charge in [0, 0.05) is 11.8 Å². The van der Waals surface area contributed by atoms with Gasteiger partial charge in [-0.05, 0) is 79.0 Å². The summed E-state index contributed by atoms with van der Waals surface area (Å²) >= 11 is 1.48. The first-order valence-corrected chi connectivity index (χ1v) is 11.4. The van der Waals surface area contributed by atoms with E-state index in [4.69, 9.17) is 0 Å². The summed E-state index contributed by atoms with van der Waals surface area (Å²) in [4.78, 5) is 40.0. The van der Waals surface area contributed by atoms with E-state index in [1.807, 2.05) is 12.1 Å². The predicted octanol–water partition coefficient (Wildman–Crippen LogP) is 3.93. The average Bonchev–Trinajstić information content (AvgIpc) is 3.48. The summed E-state index contributed by atoms with van der Waals surface area (Å²) in [5, 5.41) is 10.8. The Morgan fingerprint density at radius 2 is 2.03 bits per heavy atom. The minimum Gasteiger partial charge on any atom is -0.481 e. The maximum atomic E-state index is 13.1. The number of fused-ring (bicyclic) bond motifs is 2. The lowest BCUT2D eigenvalue weighted by Crippen LogP contribution is -2.39. The first kappa shape index (κ1) is 20.6. The molecule has 1 unspecified atom stereocenters. The van der Waals surface area contributed by atoms with Crippen molar-refractivity contribution >= 4 is 38.5 Å². The molecule has 0 spiro atoms. The molecule has 0 saturated heterocycles. The zero-order valence-electron chi connectivity index (χ0n) is 17.8. The Kier molecular flexibility index (Phi) is 4.97. The fourth-order valence-corrected chi connectivity index (χ4v) is 5.63. The molecule has 2 aromatic heterocycles. The van der Waals surface area contributed by atoms with Crippen LogP contribution in [0.15, 0.2) is 39.9 Å². The Labute approximate surface area is 187 Å². The molecule has 164 valence electrons. The van der Waals surface area contributed by atoms with Crippen LogP contribution in [0.25, 0.3) is 21.0 Å². The van der Waals surface area contributed by atoms with Gasteiger partial charge in [-0.3, -0.25) is 14.2 Å². The van der Waals surface area contributed by atoms with Gasteiger partial charge in [0.2, 0.25) is 0 Å². The number of benzene rings is 2. The van der Waals surface area contributed by atoms with Crippen LogP contribution < -0.4 is 11.2 Å². The molecule has 2 heterocycles. The Hall–Kier alpha value is -3.26. The van der Waals surface area contributed by atoms with Gasteiger partial charge in [0.25, 0.3) is 5.56 Å². The number of carbonyl (C=O) groups is 1. The summed E-state index contributed by atoms with van der Waals surface area (Å²) in [6.07, 6.45) is 2.03. The van der Waals surface area contributed by atoms with E-state index in [-0.39, 0.29) is 12.3 Å². The second-order valence-corrected chi connectivity index (χ2v) is 9.55. The normalized spacial score (nSPS) is 14.8. The van der Waals surface area contributed by atoms with Crippen molar-refractivity contribution in [2.24, 2.45) is 5.92 Å². The highest BCUT2D eigenvalue weighted by Gasteiger charge is 2.36. The van der Waals surface area contributed by atoms with Crippen molar-refractivity contribution in [3.63, 3.8) is 0 Å². The van der Waals surface area contributed by atoms with Crippen molar-refractivity contribution in [3.8, 4) is 0 Å². The van der Waals surface area contributed by atoms with Crippen molar-refractivity contribution in [2.75, 3.05) is 0 Å². The summed E-state index contributed by atoms with van der Waals surface area (Å²) in [7, 11) is 0. The van der Waals surface area contributed by atoms with Crippen LogP contribution in [0.5, 0.6) is 0 Å². The number of hydrogen-bond acceptors (Lipinski definition) is 5. The third kappa shape index (κ3) is 3.64. The molecule has 0 amide bonds. The molecule has 2 N–H and O–H groups in total. The maximum Gasteiger partial charge on any atom is 0.329 e. The molecule has 0 bridgehead atoms. The van der Waals surface area contributed by atoms with Crippen LogP contribution in [0.2, 0.25) is 0 Å². The number of H-pyrrole nitrogens is 1. The number of nitrogens with zero attached hydrogens (tertiary/aromatic N) is 2. The van der Waals surface area contributed by atoms with Gasteiger partial charge in [-0.15, -0.1) is 0 Å². The summed E-state index contributed by atoms with van der Waals surface area (Å²) in [6.45, 7) is 4.16. The van der Waals surface area contributed by atoms with Crippen LogP contribution in [0, 0.1) is 19.8 Å². The van der Waals surface area contributed by atoms with Crippen LogP contribution in [0.1, 0.15) is 47.7 Å². The topological polar surface area (TPSA) is 105 Å². The lowest BCUT2D eigenvalue weighted by Gasteiger charge is -2.17. The standard InChI is InChI=1S/C24H23N3O4S/c1-12-7-13(2)22-18(26-32-20(22)8-12)10-14-3-6-16-17(9-14)25-24(31)27(23(16)30)19(11-21(28)29)15-4-5-15/h3,6-9,15,19H,4-5,10-11H2,1-2H3,(H,25,31)(H,28,29). The number of aromatic nitrogens is 3. The van der Waals surface area contributed by atoms with Gasteiger partial charge in [0.1, 0.15) is 0 Å². The predicted molar refractivity (Wildman–Crippen MR) is 125 cm³/mol. The van der Waals surface area contributed by atoms with Gasteiger partial charge >= 0.3 is 11.7 Å². The lowest BCUT2D eigenvalue weighted by molar-refractivity contribution is -0.138. The molecule has 0 radical (unpaired) electrons. The Morgan fingerprint density at radius 3 is 2.75 bits per heavy atom. The van der Waals surface area contributed by atoms with E-state index in [0.717, 1.165) is 38.8 Å². The van der Waals surface area contributed by atoms with Gasteiger partial charge in [0.05, 0.1) is 33.8 Å². The number of hydrogen-bond donors (Lipinski definition) is 2. The highest BCUT2D eigenvalue weighted by atomic mass is 32.1. The largest absolute Gasteiger partial charge is 0.481 e. The van der Waals surface area contributed by atoms with Crippen LogP contribution in [-0.4, -0.2) is 25.0 Å². The van der Waals surface area contributed by atoms with Crippen LogP contribution in [0.4, 0.5) is 0 Å². The molecule has 4 aromatic rings. The Bertz CT molecular complexity index is 1490. The molecule has 32 heavy (non-hydrogen) atoms. The maximum absolute atomic E-state index is 13.1. The number of carboxylic acid groups (broad SMARTS) is 1. The van der Waals surface area contributed by atoms with Gasteiger partial charge in [-0.25, -0.2) is 4.79 Å². The summed E-state index contributed by atoms with van der Waals surface area (Å²) in [5.74, 6) is -0.948. The van der Waals surface area contributed by atoms with E-state index in [1.165, 1.54) is 22.7 Å². The Balaban J connectivity index is 1.55. The van der Waals surface area contributed by atoms with Crippen LogP contribution in [-0.2, 0) is 11.2 Å². The minimum absolute atomic E-state index is 0.0615. The number of rotatable bonds is 6. The van der Waals surface area contributed by atoms with Crippen molar-refractivity contribution < 1.29 is 9.90 Å². The van der Waals surface area contributed by atoms with Gasteiger partial charge in [-0.1, -0.05) is 12.1 Å². The number of aromatic amines is 1. The smallest absolute Gasteiger partial charge is 0.329 e. The van der Waals surface area contributed by atoms with Gasteiger partial charge in [0.15, 0.2) is 0 Å². The highest BCUT2D eigenvalue weighted by Crippen LogP contribution is 2.40. The van der Waals surface area contributed by atoms with Crippen molar-refractivity contribution in [3.05, 3.63) is 73.6 Å². The second-order valence-electron chi connectivity index (χ2n) is 8.75. The van der Waals surface area contributed by atoms with E-state index in [1.54, 1.807) is 6.07 Å². The highest BCUT2D eigenvalue weighted by molar-refractivity contribution is 7.13. The van der Waals surface area contributed by atoms with Crippen molar-refractivity contribution in [1.29, 1.82) is 0 Å². The Morgan fingerprint density at radius 1 is 1.25 bits per heavy atom. The molecule has 1 aliphatic rings. The second kappa shape index (κ2) is 7.70. The van der Waals surface area contributed by atoms with E-state index < -0.39 is 23.3 Å². The summed E-state index contributed by atoms with van der Waals surface area (Å²) in [5.41, 5.74) is 3.80. The zero-order chi connectivity index (χ0) is 22.6. The molecule has 2 aromatic carbocycles. The fraction of sp³-hybridized carbons (Fsp3) is 0.333. The number of aryl methyl sites for hydroxylation is 2. The average molecular weight is 450 g/mol. The van der Waals surface area contributed by atoms with Crippen LogP contribution >= 0.6 is 11.5 Å². The lowest BCUT2D eigenvalue weighted by atomic mass is 10.0. The third-order valence-corrected chi connectivity index (χ3v) is 7.06. The molecular formula is C24H23N3O4S. The molecule has 1 fully saturated rings. The summed E-state index contributed by atoms with van der Waals surface area (Å²) in [6, 6.07) is 9.09. The first-order chi connectivity index (χ1) is 15.3. The quantitative estimate of drug-likeness (QED) is 0.464. The third-order valence-electron chi connectivity index (χ3n) is 6.23. The van der Waals surface area contributed by atoms with Crippen LogP contribution in [0.3, 0.4) is 0 Å². The molecule has 7 nitrogen and oxygen atoms in total. The number of carboxylic acids is 1. The van der Waals surface area contributed by atoms with Gasteiger partial charge < -0.3 is 10.1 Å². The van der Waals surface area contributed by atoms with Gasteiger partial charge in [-0.2, -0.15) is 4.37 Å². The SMILES string of the molecule is Cc1cc(C)c2c(Cc3ccc4c(=O)n(C(CC(=O)O)C5CC5)c(=O)[nH]c4c3)nsc2c1. The fourth-order valence-electron chi connectivity index (χ4n) is 4.65.